The third-order valence-electron chi connectivity index (χ3n) is 6.21. The molecule has 0 aliphatic heterocycles. The van der Waals surface area contributed by atoms with Crippen LogP contribution in [-0.2, 0) is 11.8 Å². The monoisotopic (exact) mass is 310 g/mol. The van der Waals surface area contributed by atoms with E-state index in [1.54, 1.807) is 0 Å². The van der Waals surface area contributed by atoms with Crippen LogP contribution in [-0.4, -0.2) is 10.2 Å². The highest BCUT2D eigenvalue weighted by Gasteiger charge is 2.49. The molecule has 1 saturated carbocycles. The molecule has 1 fully saturated rings. The molecule has 2 N–H and O–H groups in total. The maximum Gasteiger partial charge on any atom is 0.127 e. The van der Waals surface area contributed by atoms with E-state index >= 15 is 0 Å². The Labute approximate surface area is 138 Å². The topological polar surface area (TPSA) is 40.5 Å². The SMILES string of the molecule is CCCCCc1cccc2c(O)c3c(c(O)c12)C1CCC3(C)C1. The number of rotatable bonds is 4. The summed E-state index contributed by atoms with van der Waals surface area (Å²) in [5.41, 5.74) is 3.31. The van der Waals surface area contributed by atoms with Gasteiger partial charge < -0.3 is 10.2 Å². The van der Waals surface area contributed by atoms with Crippen LogP contribution in [0.25, 0.3) is 10.8 Å². The van der Waals surface area contributed by atoms with E-state index in [9.17, 15) is 10.2 Å². The summed E-state index contributed by atoms with van der Waals surface area (Å²) < 4.78 is 0. The molecule has 23 heavy (non-hydrogen) atoms. The molecule has 2 aliphatic carbocycles. The lowest BCUT2D eigenvalue weighted by molar-refractivity contribution is 0.427. The van der Waals surface area contributed by atoms with Crippen LogP contribution in [0.3, 0.4) is 0 Å². The van der Waals surface area contributed by atoms with Crippen LogP contribution < -0.4 is 0 Å². The van der Waals surface area contributed by atoms with Gasteiger partial charge in [-0.15, -0.1) is 0 Å². The number of phenolic OH excluding ortho intramolecular Hbond substituents is 2. The fourth-order valence-electron chi connectivity index (χ4n) is 5.09. The summed E-state index contributed by atoms with van der Waals surface area (Å²) >= 11 is 0. The Morgan fingerprint density at radius 1 is 1.17 bits per heavy atom. The van der Waals surface area contributed by atoms with Gasteiger partial charge in [-0.25, -0.2) is 0 Å². The van der Waals surface area contributed by atoms with E-state index in [0.29, 0.717) is 17.4 Å². The largest absolute Gasteiger partial charge is 0.507 e. The summed E-state index contributed by atoms with van der Waals surface area (Å²) in [6.07, 6.45) is 7.84. The van der Waals surface area contributed by atoms with Crippen molar-refractivity contribution in [1.29, 1.82) is 0 Å². The van der Waals surface area contributed by atoms with Crippen molar-refractivity contribution >= 4 is 10.8 Å². The summed E-state index contributed by atoms with van der Waals surface area (Å²) in [7, 11) is 0. The Kier molecular flexibility index (Phi) is 3.33. The molecule has 2 heteroatoms. The molecule has 122 valence electrons. The van der Waals surface area contributed by atoms with Crippen LogP contribution in [0, 0.1) is 0 Å². The first-order chi connectivity index (χ1) is 11.1. The Hall–Kier alpha value is -1.70. The molecule has 2 aliphatic rings. The first kappa shape index (κ1) is 14.9. The third-order valence-corrected chi connectivity index (χ3v) is 6.21. The molecule has 2 nitrogen and oxygen atoms in total. The van der Waals surface area contributed by atoms with Crippen LogP contribution in [0.15, 0.2) is 18.2 Å². The molecular weight excluding hydrogens is 284 g/mol. The van der Waals surface area contributed by atoms with Gasteiger partial charge in [-0.1, -0.05) is 44.9 Å². The average Bonchev–Trinajstić information content (AvgIpc) is 3.06. The minimum atomic E-state index is 0.0496. The van der Waals surface area contributed by atoms with Crippen LogP contribution in [0.5, 0.6) is 11.5 Å². The number of hydrogen-bond acceptors (Lipinski definition) is 2. The highest BCUT2D eigenvalue weighted by molar-refractivity contribution is 5.99. The predicted molar refractivity (Wildman–Crippen MR) is 94.5 cm³/mol. The van der Waals surface area contributed by atoms with Crippen LogP contribution in [0.4, 0.5) is 0 Å². The fraction of sp³-hybridized carbons (Fsp3) is 0.524. The van der Waals surface area contributed by atoms with Gasteiger partial charge in [-0.05, 0) is 49.0 Å². The van der Waals surface area contributed by atoms with Crippen molar-refractivity contribution in [2.75, 3.05) is 0 Å². The number of aromatic hydroxyl groups is 2. The lowest BCUT2D eigenvalue weighted by atomic mass is 9.78. The highest BCUT2D eigenvalue weighted by atomic mass is 16.3. The Balaban J connectivity index is 1.94. The molecule has 2 bridgehead atoms. The summed E-state index contributed by atoms with van der Waals surface area (Å²) in [6, 6.07) is 6.09. The van der Waals surface area contributed by atoms with E-state index in [1.807, 2.05) is 12.1 Å². The van der Waals surface area contributed by atoms with Crippen molar-refractivity contribution in [1.82, 2.24) is 0 Å². The predicted octanol–water partition coefficient (Wildman–Crippen LogP) is 5.52. The molecule has 2 atom stereocenters. The van der Waals surface area contributed by atoms with Crippen molar-refractivity contribution in [3.05, 3.63) is 34.9 Å². The second-order valence-corrected chi connectivity index (χ2v) is 7.78. The zero-order chi connectivity index (χ0) is 16.2. The summed E-state index contributed by atoms with van der Waals surface area (Å²) in [4.78, 5) is 0. The van der Waals surface area contributed by atoms with Crippen LogP contribution in [0.2, 0.25) is 0 Å². The van der Waals surface area contributed by atoms with E-state index in [-0.39, 0.29) is 5.41 Å². The van der Waals surface area contributed by atoms with Crippen LogP contribution >= 0.6 is 0 Å². The second-order valence-electron chi connectivity index (χ2n) is 7.78. The molecular formula is C21H26O2. The number of hydrogen-bond donors (Lipinski definition) is 2. The Morgan fingerprint density at radius 2 is 2.00 bits per heavy atom. The van der Waals surface area contributed by atoms with E-state index < -0.39 is 0 Å². The molecule has 0 heterocycles. The van der Waals surface area contributed by atoms with Crippen molar-refractivity contribution in [2.24, 2.45) is 0 Å². The van der Waals surface area contributed by atoms with E-state index in [0.717, 1.165) is 54.0 Å². The maximum atomic E-state index is 11.1. The highest BCUT2D eigenvalue weighted by Crippen LogP contribution is 2.63. The lowest BCUT2D eigenvalue weighted by Crippen LogP contribution is -2.16. The minimum Gasteiger partial charge on any atom is -0.507 e. The standard InChI is InChI=1S/C21H26O2/c1-3-4-5-7-13-8-6-9-15-16(13)20(23)17-14-10-11-21(2,12-14)18(17)19(15)22/h6,8-9,14,22-23H,3-5,7,10-12H2,1-2H3. The smallest absolute Gasteiger partial charge is 0.127 e. The number of phenols is 2. The molecule has 2 aromatic carbocycles. The molecule has 0 amide bonds. The molecule has 0 aromatic heterocycles. The fourth-order valence-corrected chi connectivity index (χ4v) is 5.09. The lowest BCUT2D eigenvalue weighted by Gasteiger charge is -2.27. The number of aryl methyl sites for hydroxylation is 1. The first-order valence-corrected chi connectivity index (χ1v) is 9.06. The quantitative estimate of drug-likeness (QED) is 0.576. The van der Waals surface area contributed by atoms with E-state index in [1.165, 1.54) is 18.4 Å². The van der Waals surface area contributed by atoms with E-state index in [2.05, 4.69) is 19.9 Å². The van der Waals surface area contributed by atoms with Gasteiger partial charge in [0.25, 0.3) is 0 Å². The van der Waals surface area contributed by atoms with Gasteiger partial charge in [-0.3, -0.25) is 0 Å². The van der Waals surface area contributed by atoms with Gasteiger partial charge in [0.05, 0.1) is 0 Å². The Morgan fingerprint density at radius 3 is 2.78 bits per heavy atom. The zero-order valence-corrected chi connectivity index (χ0v) is 14.2. The number of unbranched alkanes of at least 4 members (excludes halogenated alkanes) is 2. The van der Waals surface area contributed by atoms with E-state index in [4.69, 9.17) is 0 Å². The van der Waals surface area contributed by atoms with Gasteiger partial charge in [-0.2, -0.15) is 0 Å². The van der Waals surface area contributed by atoms with Crippen LogP contribution in [0.1, 0.15) is 75.0 Å². The van der Waals surface area contributed by atoms with Crippen molar-refractivity contribution in [2.45, 2.75) is 70.1 Å². The average molecular weight is 310 g/mol. The van der Waals surface area contributed by atoms with Crippen molar-refractivity contribution < 1.29 is 10.2 Å². The zero-order valence-electron chi connectivity index (χ0n) is 14.2. The van der Waals surface area contributed by atoms with Gasteiger partial charge >= 0.3 is 0 Å². The van der Waals surface area contributed by atoms with Gasteiger partial charge in [0.15, 0.2) is 0 Å². The third kappa shape index (κ3) is 2.00. The number of fused-ring (bicyclic) bond motifs is 6. The molecule has 2 unspecified atom stereocenters. The Bertz CT molecular complexity index is 777. The first-order valence-electron chi connectivity index (χ1n) is 9.06. The summed E-state index contributed by atoms with van der Waals surface area (Å²) in [5.74, 6) is 1.30. The minimum absolute atomic E-state index is 0.0496. The van der Waals surface area contributed by atoms with Gasteiger partial charge in [0.1, 0.15) is 11.5 Å². The molecule has 0 radical (unpaired) electrons. The number of benzene rings is 2. The van der Waals surface area contributed by atoms with Crippen molar-refractivity contribution in [3.63, 3.8) is 0 Å². The summed E-state index contributed by atoms with van der Waals surface area (Å²) in [5, 5.41) is 23.8. The molecule has 2 aromatic rings. The summed E-state index contributed by atoms with van der Waals surface area (Å²) in [6.45, 7) is 4.45. The molecule has 0 saturated heterocycles. The van der Waals surface area contributed by atoms with Gasteiger partial charge in [0, 0.05) is 21.9 Å². The maximum absolute atomic E-state index is 11.1. The molecule has 4 rings (SSSR count). The molecule has 0 spiro atoms. The van der Waals surface area contributed by atoms with Gasteiger partial charge in [0.2, 0.25) is 0 Å². The second kappa shape index (κ2) is 5.15. The normalized spacial score (nSPS) is 25.2. The van der Waals surface area contributed by atoms with Crippen molar-refractivity contribution in [3.8, 4) is 11.5 Å².